The number of carbonyl (C=O) groups excluding carboxylic acids is 1. The van der Waals surface area contributed by atoms with Crippen molar-refractivity contribution >= 4 is 6.41 Å². The molecule has 0 spiro atoms. The van der Waals surface area contributed by atoms with Crippen molar-refractivity contribution in [1.29, 1.82) is 0 Å². The quantitative estimate of drug-likeness (QED) is 0.637. The number of amides is 1. The molecule has 1 atom stereocenters. The van der Waals surface area contributed by atoms with Crippen LogP contribution in [0.3, 0.4) is 0 Å². The first-order chi connectivity index (χ1) is 4.84. The zero-order chi connectivity index (χ0) is 7.40. The van der Waals surface area contributed by atoms with E-state index in [0.717, 1.165) is 5.56 Å². The van der Waals surface area contributed by atoms with Crippen molar-refractivity contribution in [3.05, 3.63) is 24.2 Å². The van der Waals surface area contributed by atoms with Crippen molar-refractivity contribution in [1.82, 2.24) is 5.32 Å². The third-order valence-corrected chi connectivity index (χ3v) is 1.36. The Hall–Kier alpha value is -1.25. The molecule has 1 unspecified atom stereocenters. The van der Waals surface area contributed by atoms with E-state index in [4.69, 9.17) is 4.42 Å². The molecule has 1 amide bonds. The standard InChI is InChI=1S/C7H9NO2/c1-6(8-5-9)7-2-3-10-4-7/h2-6H,1H3,(H,8,9). The summed E-state index contributed by atoms with van der Waals surface area (Å²) in [4.78, 5) is 9.97. The molecule has 0 aromatic carbocycles. The Morgan fingerprint density at radius 1 is 1.80 bits per heavy atom. The van der Waals surface area contributed by atoms with E-state index in [-0.39, 0.29) is 6.04 Å². The Morgan fingerprint density at radius 2 is 2.60 bits per heavy atom. The van der Waals surface area contributed by atoms with Gasteiger partial charge in [0.1, 0.15) is 0 Å². The van der Waals surface area contributed by atoms with Gasteiger partial charge in [-0.3, -0.25) is 4.79 Å². The van der Waals surface area contributed by atoms with Crippen molar-refractivity contribution in [2.24, 2.45) is 0 Å². The van der Waals surface area contributed by atoms with E-state index in [0.29, 0.717) is 6.41 Å². The summed E-state index contributed by atoms with van der Waals surface area (Å²) in [6.07, 6.45) is 3.87. The summed E-state index contributed by atoms with van der Waals surface area (Å²) in [6.45, 7) is 1.89. The molecule has 0 saturated carbocycles. The molecule has 0 aliphatic rings. The minimum atomic E-state index is 0.0382. The van der Waals surface area contributed by atoms with Crippen LogP contribution in [0.25, 0.3) is 0 Å². The molecule has 0 bridgehead atoms. The van der Waals surface area contributed by atoms with Crippen LogP contribution in [0.2, 0.25) is 0 Å². The summed E-state index contributed by atoms with van der Waals surface area (Å²) in [5.74, 6) is 0. The van der Waals surface area contributed by atoms with Gasteiger partial charge in [0.25, 0.3) is 0 Å². The molecule has 0 aliphatic heterocycles. The van der Waals surface area contributed by atoms with E-state index in [9.17, 15) is 4.79 Å². The smallest absolute Gasteiger partial charge is 0.207 e. The highest BCUT2D eigenvalue weighted by Crippen LogP contribution is 2.10. The Balaban J connectivity index is 2.58. The van der Waals surface area contributed by atoms with Gasteiger partial charge in [-0.2, -0.15) is 0 Å². The molecule has 0 saturated heterocycles. The van der Waals surface area contributed by atoms with Crippen LogP contribution in [-0.4, -0.2) is 6.41 Å². The maximum absolute atomic E-state index is 9.97. The largest absolute Gasteiger partial charge is 0.472 e. The lowest BCUT2D eigenvalue weighted by Crippen LogP contribution is -2.15. The molecule has 1 aromatic heterocycles. The molecule has 0 aliphatic carbocycles. The molecular weight excluding hydrogens is 130 g/mol. The predicted octanol–water partition coefficient (Wildman–Crippen LogP) is 1.09. The zero-order valence-electron chi connectivity index (χ0n) is 5.70. The minimum Gasteiger partial charge on any atom is -0.472 e. The molecule has 3 heteroatoms. The van der Waals surface area contributed by atoms with Crippen LogP contribution in [0, 0.1) is 0 Å². The maximum atomic E-state index is 9.97. The normalized spacial score (nSPS) is 12.5. The summed E-state index contributed by atoms with van der Waals surface area (Å²) >= 11 is 0. The second kappa shape index (κ2) is 3.06. The number of rotatable bonds is 3. The molecule has 0 radical (unpaired) electrons. The third kappa shape index (κ3) is 1.37. The number of furan rings is 1. The average Bonchev–Trinajstić information content (AvgIpc) is 2.38. The average molecular weight is 139 g/mol. The Bertz CT molecular complexity index is 193. The van der Waals surface area contributed by atoms with Gasteiger partial charge in [-0.15, -0.1) is 0 Å². The highest BCUT2D eigenvalue weighted by Gasteiger charge is 2.02. The van der Waals surface area contributed by atoms with E-state index in [1.807, 2.05) is 13.0 Å². The van der Waals surface area contributed by atoms with E-state index in [2.05, 4.69) is 5.32 Å². The van der Waals surface area contributed by atoms with E-state index >= 15 is 0 Å². The summed E-state index contributed by atoms with van der Waals surface area (Å²) in [5, 5.41) is 2.61. The molecule has 1 heterocycles. The number of carbonyl (C=O) groups is 1. The van der Waals surface area contributed by atoms with Crippen molar-refractivity contribution in [3.63, 3.8) is 0 Å². The Labute approximate surface area is 59.0 Å². The summed E-state index contributed by atoms with van der Waals surface area (Å²) in [5.41, 5.74) is 0.979. The molecule has 1 N–H and O–H groups in total. The Morgan fingerprint density at radius 3 is 3.10 bits per heavy atom. The molecule has 1 aromatic rings. The summed E-state index contributed by atoms with van der Waals surface area (Å²) in [6, 6.07) is 1.86. The number of hydrogen-bond donors (Lipinski definition) is 1. The van der Waals surface area contributed by atoms with Gasteiger partial charge in [0, 0.05) is 5.56 Å². The van der Waals surface area contributed by atoms with Crippen LogP contribution in [-0.2, 0) is 4.79 Å². The highest BCUT2D eigenvalue weighted by atomic mass is 16.3. The second-order valence-electron chi connectivity index (χ2n) is 2.06. The molecular formula is C7H9NO2. The summed E-state index contributed by atoms with van der Waals surface area (Å²) < 4.78 is 4.83. The van der Waals surface area contributed by atoms with Crippen LogP contribution in [0.5, 0.6) is 0 Å². The van der Waals surface area contributed by atoms with Crippen molar-refractivity contribution in [3.8, 4) is 0 Å². The molecule has 1 rings (SSSR count). The monoisotopic (exact) mass is 139 g/mol. The topological polar surface area (TPSA) is 42.2 Å². The Kier molecular flexibility index (Phi) is 2.10. The highest BCUT2D eigenvalue weighted by molar-refractivity contribution is 5.47. The molecule has 3 nitrogen and oxygen atoms in total. The maximum Gasteiger partial charge on any atom is 0.207 e. The number of nitrogens with one attached hydrogen (secondary N) is 1. The van der Waals surface area contributed by atoms with Crippen molar-refractivity contribution < 1.29 is 9.21 Å². The lowest BCUT2D eigenvalue weighted by molar-refractivity contribution is -0.110. The first kappa shape index (κ1) is 6.86. The lowest BCUT2D eigenvalue weighted by Gasteiger charge is -2.04. The first-order valence-electron chi connectivity index (χ1n) is 3.06. The number of hydrogen-bond acceptors (Lipinski definition) is 2. The van der Waals surface area contributed by atoms with Gasteiger partial charge in [0.2, 0.25) is 6.41 Å². The van der Waals surface area contributed by atoms with Gasteiger partial charge in [0.05, 0.1) is 18.6 Å². The van der Waals surface area contributed by atoms with Gasteiger partial charge in [-0.05, 0) is 13.0 Å². The minimum absolute atomic E-state index is 0.0382. The zero-order valence-corrected chi connectivity index (χ0v) is 5.70. The fourth-order valence-electron chi connectivity index (χ4n) is 0.720. The van der Waals surface area contributed by atoms with E-state index < -0.39 is 0 Å². The third-order valence-electron chi connectivity index (χ3n) is 1.36. The second-order valence-corrected chi connectivity index (χ2v) is 2.06. The molecule has 10 heavy (non-hydrogen) atoms. The lowest BCUT2D eigenvalue weighted by atomic mass is 10.2. The van der Waals surface area contributed by atoms with Crippen LogP contribution >= 0.6 is 0 Å². The van der Waals surface area contributed by atoms with Gasteiger partial charge in [0.15, 0.2) is 0 Å². The van der Waals surface area contributed by atoms with Crippen LogP contribution in [0.15, 0.2) is 23.0 Å². The fourth-order valence-corrected chi connectivity index (χ4v) is 0.720. The van der Waals surface area contributed by atoms with Crippen LogP contribution < -0.4 is 5.32 Å². The SMILES string of the molecule is CC(NC=O)c1ccoc1. The van der Waals surface area contributed by atoms with Crippen LogP contribution in [0.1, 0.15) is 18.5 Å². The van der Waals surface area contributed by atoms with Gasteiger partial charge < -0.3 is 9.73 Å². The van der Waals surface area contributed by atoms with Crippen molar-refractivity contribution in [2.45, 2.75) is 13.0 Å². The summed E-state index contributed by atoms with van der Waals surface area (Å²) in [7, 11) is 0. The van der Waals surface area contributed by atoms with Crippen LogP contribution in [0.4, 0.5) is 0 Å². The fraction of sp³-hybridized carbons (Fsp3) is 0.286. The van der Waals surface area contributed by atoms with Crippen molar-refractivity contribution in [2.75, 3.05) is 0 Å². The van der Waals surface area contributed by atoms with E-state index in [1.165, 1.54) is 0 Å². The van der Waals surface area contributed by atoms with Gasteiger partial charge >= 0.3 is 0 Å². The molecule has 54 valence electrons. The predicted molar refractivity (Wildman–Crippen MR) is 36.3 cm³/mol. The first-order valence-corrected chi connectivity index (χ1v) is 3.06. The van der Waals surface area contributed by atoms with E-state index in [1.54, 1.807) is 12.5 Å². The van der Waals surface area contributed by atoms with Gasteiger partial charge in [-0.25, -0.2) is 0 Å². The van der Waals surface area contributed by atoms with Gasteiger partial charge in [-0.1, -0.05) is 0 Å². The molecule has 0 fully saturated rings.